The Hall–Kier alpha value is -3.04. The first kappa shape index (κ1) is 25.6. The minimum absolute atomic E-state index is 0.0447. The fourth-order valence-corrected chi connectivity index (χ4v) is 5.25. The predicted octanol–water partition coefficient (Wildman–Crippen LogP) is 3.47. The summed E-state index contributed by atoms with van der Waals surface area (Å²) in [4.78, 5) is 54.4. The summed E-state index contributed by atoms with van der Waals surface area (Å²) >= 11 is 1.08. The average Bonchev–Trinajstić information content (AvgIpc) is 3.14. The van der Waals surface area contributed by atoms with Crippen LogP contribution in [0.1, 0.15) is 55.7 Å². The molecule has 9 heteroatoms. The number of piperidine rings is 1. The first-order chi connectivity index (χ1) is 16.2. The van der Waals surface area contributed by atoms with E-state index >= 15 is 0 Å². The molecule has 3 rings (SSSR count). The molecule has 1 saturated heterocycles. The highest BCUT2D eigenvalue weighted by Crippen LogP contribution is 2.34. The standard InChI is InChI=1S/C25H31N3O5S/c1-5-33-25(32)20-16(2)22(24(31)27(3)4)34-23(20)26-19(29)15-28-13-11-18(12-14-28)21(30)17-9-7-6-8-10-17/h6-10,18H,5,11-15H2,1-4H3,(H,26,29). The van der Waals surface area contributed by atoms with Gasteiger partial charge in [0.2, 0.25) is 5.91 Å². The number of esters is 1. The highest BCUT2D eigenvalue weighted by atomic mass is 32.1. The predicted molar refractivity (Wildman–Crippen MR) is 132 cm³/mol. The van der Waals surface area contributed by atoms with Crippen molar-refractivity contribution in [1.29, 1.82) is 0 Å². The average molecular weight is 486 g/mol. The van der Waals surface area contributed by atoms with Crippen LogP contribution in [-0.4, -0.2) is 73.7 Å². The summed E-state index contributed by atoms with van der Waals surface area (Å²) in [6, 6.07) is 9.28. The summed E-state index contributed by atoms with van der Waals surface area (Å²) in [5.74, 6) is -0.973. The third-order valence-electron chi connectivity index (χ3n) is 5.86. The molecule has 1 aromatic heterocycles. The van der Waals surface area contributed by atoms with Crippen molar-refractivity contribution in [3.63, 3.8) is 0 Å². The van der Waals surface area contributed by atoms with Crippen molar-refractivity contribution in [2.24, 2.45) is 5.92 Å². The van der Waals surface area contributed by atoms with Gasteiger partial charge in [-0.1, -0.05) is 30.3 Å². The second-order valence-electron chi connectivity index (χ2n) is 8.51. The topological polar surface area (TPSA) is 96.0 Å². The van der Waals surface area contributed by atoms with Crippen LogP contribution >= 0.6 is 11.3 Å². The van der Waals surface area contributed by atoms with Gasteiger partial charge in [0, 0.05) is 25.6 Å². The summed E-state index contributed by atoms with van der Waals surface area (Å²) in [5, 5.41) is 3.13. The van der Waals surface area contributed by atoms with Crippen LogP contribution in [0.15, 0.2) is 30.3 Å². The van der Waals surface area contributed by atoms with Gasteiger partial charge in [0.25, 0.3) is 5.91 Å². The molecule has 0 atom stereocenters. The molecule has 0 spiro atoms. The number of carbonyl (C=O) groups excluding carboxylic acids is 4. The lowest BCUT2D eigenvalue weighted by atomic mass is 9.89. The van der Waals surface area contributed by atoms with E-state index in [9.17, 15) is 19.2 Å². The number of hydrogen-bond acceptors (Lipinski definition) is 7. The van der Waals surface area contributed by atoms with Crippen LogP contribution in [0.3, 0.4) is 0 Å². The van der Waals surface area contributed by atoms with E-state index in [1.807, 2.05) is 35.2 Å². The second kappa shape index (κ2) is 11.4. The molecular formula is C25H31N3O5S. The highest BCUT2D eigenvalue weighted by molar-refractivity contribution is 7.18. The van der Waals surface area contributed by atoms with Crippen LogP contribution in [0.2, 0.25) is 0 Å². The SMILES string of the molecule is CCOC(=O)c1c(NC(=O)CN2CCC(C(=O)c3ccccc3)CC2)sc(C(=O)N(C)C)c1C. The first-order valence-corrected chi connectivity index (χ1v) is 12.2. The number of rotatable bonds is 8. The lowest BCUT2D eigenvalue weighted by molar-refractivity contribution is -0.117. The number of carbonyl (C=O) groups is 4. The van der Waals surface area contributed by atoms with Gasteiger partial charge in [0.15, 0.2) is 5.78 Å². The molecule has 2 amide bonds. The monoisotopic (exact) mass is 485 g/mol. The Morgan fingerprint density at radius 3 is 2.35 bits per heavy atom. The number of hydrogen-bond donors (Lipinski definition) is 1. The van der Waals surface area contributed by atoms with E-state index in [4.69, 9.17) is 4.74 Å². The lowest BCUT2D eigenvalue weighted by Crippen LogP contribution is -2.40. The van der Waals surface area contributed by atoms with E-state index in [1.165, 1.54) is 4.90 Å². The Morgan fingerprint density at radius 2 is 1.76 bits per heavy atom. The first-order valence-electron chi connectivity index (χ1n) is 11.4. The molecule has 8 nitrogen and oxygen atoms in total. The zero-order valence-corrected chi connectivity index (χ0v) is 20.9. The van der Waals surface area contributed by atoms with Crippen molar-refractivity contribution in [2.45, 2.75) is 26.7 Å². The Bertz CT molecular complexity index is 1060. The van der Waals surface area contributed by atoms with Crippen molar-refractivity contribution >= 4 is 39.9 Å². The number of amides is 2. The molecule has 2 aromatic rings. The number of thiophene rings is 1. The number of benzene rings is 1. The molecule has 1 aliphatic rings. The minimum Gasteiger partial charge on any atom is -0.462 e. The van der Waals surface area contributed by atoms with Gasteiger partial charge >= 0.3 is 5.97 Å². The van der Waals surface area contributed by atoms with Crippen LogP contribution in [0, 0.1) is 12.8 Å². The molecule has 0 bridgehead atoms. The number of nitrogens with zero attached hydrogens (tertiary/aromatic N) is 2. The maximum atomic E-state index is 12.8. The minimum atomic E-state index is -0.565. The number of ether oxygens (including phenoxy) is 1. The highest BCUT2D eigenvalue weighted by Gasteiger charge is 2.29. The van der Waals surface area contributed by atoms with Gasteiger partial charge in [-0.25, -0.2) is 4.79 Å². The van der Waals surface area contributed by atoms with E-state index < -0.39 is 5.97 Å². The molecule has 0 aliphatic carbocycles. The molecule has 2 heterocycles. The van der Waals surface area contributed by atoms with Crippen LogP contribution in [0.4, 0.5) is 5.00 Å². The molecule has 1 N–H and O–H groups in total. The van der Waals surface area contributed by atoms with E-state index in [-0.39, 0.29) is 42.2 Å². The maximum Gasteiger partial charge on any atom is 0.341 e. The molecule has 1 aliphatic heterocycles. The van der Waals surface area contributed by atoms with Crippen LogP contribution in [0.5, 0.6) is 0 Å². The summed E-state index contributed by atoms with van der Waals surface area (Å²) in [7, 11) is 3.27. The van der Waals surface area contributed by atoms with Gasteiger partial charge in [-0.05, 0) is 45.3 Å². The fraction of sp³-hybridized carbons (Fsp3) is 0.440. The van der Waals surface area contributed by atoms with E-state index in [1.54, 1.807) is 27.9 Å². The third kappa shape index (κ3) is 5.90. The number of nitrogens with one attached hydrogen (secondary N) is 1. The number of likely N-dealkylation sites (tertiary alicyclic amines) is 1. The summed E-state index contributed by atoms with van der Waals surface area (Å²) < 4.78 is 5.15. The fourth-order valence-electron chi connectivity index (χ4n) is 4.02. The number of Topliss-reactive ketones (excluding diaryl/α,β-unsaturated/α-hetero) is 1. The van der Waals surface area contributed by atoms with Crippen LogP contribution < -0.4 is 5.32 Å². The molecule has 1 fully saturated rings. The van der Waals surface area contributed by atoms with Gasteiger partial charge in [0.05, 0.1) is 23.6 Å². The Kier molecular flexibility index (Phi) is 8.57. The normalized spacial score (nSPS) is 14.5. The van der Waals surface area contributed by atoms with Gasteiger partial charge < -0.3 is 15.0 Å². The van der Waals surface area contributed by atoms with Crippen molar-refractivity contribution in [2.75, 3.05) is 45.7 Å². The largest absolute Gasteiger partial charge is 0.462 e. The zero-order valence-electron chi connectivity index (χ0n) is 20.1. The quantitative estimate of drug-likeness (QED) is 0.454. The van der Waals surface area contributed by atoms with Crippen molar-refractivity contribution < 1.29 is 23.9 Å². The molecule has 0 saturated carbocycles. The number of anilines is 1. The molecular weight excluding hydrogens is 454 g/mol. The Morgan fingerprint density at radius 1 is 1.12 bits per heavy atom. The smallest absolute Gasteiger partial charge is 0.341 e. The molecule has 0 radical (unpaired) electrons. The third-order valence-corrected chi connectivity index (χ3v) is 7.06. The van der Waals surface area contributed by atoms with Crippen LogP contribution in [0.25, 0.3) is 0 Å². The Labute approximate surface area is 203 Å². The molecule has 1 aromatic carbocycles. The van der Waals surface area contributed by atoms with E-state index in [0.717, 1.165) is 16.9 Å². The van der Waals surface area contributed by atoms with E-state index in [0.29, 0.717) is 41.4 Å². The van der Waals surface area contributed by atoms with Crippen molar-refractivity contribution in [1.82, 2.24) is 9.80 Å². The van der Waals surface area contributed by atoms with Crippen molar-refractivity contribution in [3.8, 4) is 0 Å². The molecule has 182 valence electrons. The Balaban J connectivity index is 1.64. The molecule has 34 heavy (non-hydrogen) atoms. The van der Waals surface area contributed by atoms with E-state index in [2.05, 4.69) is 5.32 Å². The summed E-state index contributed by atoms with van der Waals surface area (Å²) in [6.07, 6.45) is 1.38. The van der Waals surface area contributed by atoms with Gasteiger partial charge in [-0.15, -0.1) is 11.3 Å². The summed E-state index contributed by atoms with van der Waals surface area (Å²) in [6.45, 7) is 4.99. The van der Waals surface area contributed by atoms with Gasteiger partial charge in [-0.2, -0.15) is 0 Å². The zero-order chi connectivity index (χ0) is 24.8. The van der Waals surface area contributed by atoms with Crippen molar-refractivity contribution in [3.05, 3.63) is 51.9 Å². The second-order valence-corrected chi connectivity index (χ2v) is 9.53. The number of ketones is 1. The lowest BCUT2D eigenvalue weighted by Gasteiger charge is -2.30. The maximum absolute atomic E-state index is 12.8. The molecule has 0 unspecified atom stereocenters. The van der Waals surface area contributed by atoms with Gasteiger partial charge in [0.1, 0.15) is 5.00 Å². The van der Waals surface area contributed by atoms with Crippen LogP contribution in [-0.2, 0) is 9.53 Å². The van der Waals surface area contributed by atoms with Gasteiger partial charge in [-0.3, -0.25) is 19.3 Å². The summed E-state index contributed by atoms with van der Waals surface area (Å²) in [5.41, 5.74) is 1.44.